The maximum Gasteiger partial charge on any atom is 0.332 e. The molecule has 0 atom stereocenters. The number of pyridine rings is 1. The third kappa shape index (κ3) is 3.69. The van der Waals surface area contributed by atoms with E-state index in [0.29, 0.717) is 18.7 Å². The molecular weight excluding hydrogens is 470 g/mol. The molecule has 2 aromatic heterocycles. The molecule has 0 unspecified atom stereocenters. The number of aromatic nitrogens is 3. The lowest BCUT2D eigenvalue weighted by Crippen LogP contribution is -2.37. The van der Waals surface area contributed by atoms with E-state index >= 15 is 0 Å². The summed E-state index contributed by atoms with van der Waals surface area (Å²) in [5, 5.41) is 2.81. The van der Waals surface area contributed by atoms with E-state index in [1.165, 1.54) is 59.5 Å². The highest BCUT2D eigenvalue weighted by Crippen LogP contribution is 2.32. The molecule has 0 aliphatic carbocycles. The average molecular weight is 492 g/mol. The van der Waals surface area contributed by atoms with Gasteiger partial charge < -0.3 is 5.32 Å². The Balaban J connectivity index is 1.46. The highest BCUT2D eigenvalue weighted by molar-refractivity contribution is 7.92. The molecule has 2 aromatic carbocycles. The number of amides is 1. The number of sulfonamides is 1. The normalized spacial score (nSPS) is 13.1. The Kier molecular flexibility index (Phi) is 5.28. The van der Waals surface area contributed by atoms with Crippen LogP contribution < -0.4 is 20.9 Å². The smallest absolute Gasteiger partial charge is 0.321 e. The van der Waals surface area contributed by atoms with Gasteiger partial charge in [0.05, 0.1) is 27.9 Å². The fraction of sp³-hybridized carbons (Fsp3) is 0.167. The van der Waals surface area contributed by atoms with Crippen molar-refractivity contribution >= 4 is 38.3 Å². The molecule has 0 bridgehead atoms. The summed E-state index contributed by atoms with van der Waals surface area (Å²) in [4.78, 5) is 41.7. The molecule has 1 N–H and O–H groups in total. The van der Waals surface area contributed by atoms with Crippen molar-refractivity contribution in [2.75, 3.05) is 16.2 Å². The van der Waals surface area contributed by atoms with Crippen LogP contribution in [0.1, 0.15) is 15.9 Å². The summed E-state index contributed by atoms with van der Waals surface area (Å²) >= 11 is 0. The summed E-state index contributed by atoms with van der Waals surface area (Å²) in [5.74, 6) is -0.563. The molecule has 1 aliphatic rings. The van der Waals surface area contributed by atoms with E-state index in [1.807, 2.05) is 12.1 Å². The van der Waals surface area contributed by atoms with Crippen LogP contribution in [0.5, 0.6) is 0 Å². The monoisotopic (exact) mass is 491 g/mol. The van der Waals surface area contributed by atoms with Crippen molar-refractivity contribution in [1.29, 1.82) is 0 Å². The Morgan fingerprint density at radius 2 is 1.77 bits per heavy atom. The lowest BCUT2D eigenvalue weighted by atomic mass is 10.2. The number of aryl methyl sites for hydroxylation is 1. The number of nitrogens with one attached hydrogen (secondary N) is 1. The summed E-state index contributed by atoms with van der Waals surface area (Å²) < 4.78 is 30.2. The fourth-order valence-corrected chi connectivity index (χ4v) is 5.77. The van der Waals surface area contributed by atoms with E-state index in [0.717, 1.165) is 10.1 Å². The number of rotatable bonds is 4. The van der Waals surface area contributed by atoms with Gasteiger partial charge in [0.25, 0.3) is 21.5 Å². The summed E-state index contributed by atoms with van der Waals surface area (Å²) in [5.41, 5.74) is 1.11. The van der Waals surface area contributed by atoms with E-state index in [2.05, 4.69) is 10.3 Å². The number of carbonyl (C=O) groups is 1. The lowest BCUT2D eigenvalue weighted by molar-refractivity contribution is 0.102. The van der Waals surface area contributed by atoms with E-state index in [9.17, 15) is 22.8 Å². The third-order valence-corrected chi connectivity index (χ3v) is 7.89. The number of carbonyl (C=O) groups excluding carboxylic acids is 1. The number of anilines is 2. The highest BCUT2D eigenvalue weighted by atomic mass is 32.2. The Bertz CT molecular complexity index is 1740. The Hall–Kier alpha value is -4.25. The first-order chi connectivity index (χ1) is 16.7. The van der Waals surface area contributed by atoms with E-state index in [1.54, 1.807) is 12.1 Å². The van der Waals surface area contributed by atoms with Crippen molar-refractivity contribution in [2.45, 2.75) is 11.3 Å². The first-order valence-corrected chi connectivity index (χ1v) is 12.2. The molecule has 10 nitrogen and oxygen atoms in total. The number of benzene rings is 2. The molecule has 3 heterocycles. The van der Waals surface area contributed by atoms with Crippen molar-refractivity contribution in [3.05, 3.63) is 92.8 Å². The standard InChI is InChI=1S/C24H21N5O5S/c1-27-21-19(23(31)28(2)24(27)32)13-17(14-25-21)26-22(30)16-7-5-8-18(12-16)35(33,34)29-11-10-15-6-3-4-9-20(15)29/h3-9,12-14H,10-11H2,1-2H3,(H,26,30). The molecule has 1 amide bonds. The fourth-order valence-electron chi connectivity index (χ4n) is 4.22. The van der Waals surface area contributed by atoms with Gasteiger partial charge in [-0.3, -0.25) is 23.0 Å². The quantitative estimate of drug-likeness (QED) is 0.463. The molecule has 35 heavy (non-hydrogen) atoms. The first kappa shape index (κ1) is 22.5. The largest absolute Gasteiger partial charge is 0.332 e. The number of hydrogen-bond acceptors (Lipinski definition) is 6. The van der Waals surface area contributed by atoms with Gasteiger partial charge >= 0.3 is 5.69 Å². The van der Waals surface area contributed by atoms with Gasteiger partial charge in [0, 0.05) is 26.2 Å². The second kappa shape index (κ2) is 8.20. The van der Waals surface area contributed by atoms with Gasteiger partial charge in [-0.05, 0) is 42.3 Å². The van der Waals surface area contributed by atoms with Crippen LogP contribution >= 0.6 is 0 Å². The minimum Gasteiger partial charge on any atom is -0.321 e. The molecule has 1 aliphatic heterocycles. The van der Waals surface area contributed by atoms with Crippen LogP contribution in [0.15, 0.2) is 75.3 Å². The molecule has 4 aromatic rings. The van der Waals surface area contributed by atoms with Crippen LogP contribution in [0.3, 0.4) is 0 Å². The topological polar surface area (TPSA) is 123 Å². The van der Waals surface area contributed by atoms with Crippen molar-refractivity contribution in [1.82, 2.24) is 14.1 Å². The molecular formula is C24H21N5O5S. The highest BCUT2D eigenvalue weighted by Gasteiger charge is 2.31. The number of nitrogens with zero attached hydrogens (tertiary/aromatic N) is 4. The maximum atomic E-state index is 13.3. The van der Waals surface area contributed by atoms with Crippen molar-refractivity contribution in [3.8, 4) is 0 Å². The summed E-state index contributed by atoms with van der Waals surface area (Å²) in [6, 6.07) is 14.6. The average Bonchev–Trinajstić information content (AvgIpc) is 3.31. The van der Waals surface area contributed by atoms with Crippen LogP contribution in [0.25, 0.3) is 11.0 Å². The van der Waals surface area contributed by atoms with Crippen molar-refractivity contribution in [3.63, 3.8) is 0 Å². The number of hydrogen-bond donors (Lipinski definition) is 1. The number of para-hydroxylation sites is 1. The Morgan fingerprint density at radius 1 is 1.00 bits per heavy atom. The van der Waals surface area contributed by atoms with Crippen LogP contribution in [-0.4, -0.2) is 35.0 Å². The van der Waals surface area contributed by atoms with Crippen LogP contribution in [0.4, 0.5) is 11.4 Å². The summed E-state index contributed by atoms with van der Waals surface area (Å²) in [7, 11) is -1.00. The predicted molar refractivity (Wildman–Crippen MR) is 131 cm³/mol. The van der Waals surface area contributed by atoms with Crippen LogP contribution in [0.2, 0.25) is 0 Å². The SMILES string of the molecule is Cn1c(=O)c2cc(NC(=O)c3cccc(S(=O)(=O)N4CCc5ccccc54)c3)cnc2n(C)c1=O. The number of fused-ring (bicyclic) bond motifs is 2. The Morgan fingerprint density at radius 3 is 2.57 bits per heavy atom. The zero-order valence-corrected chi connectivity index (χ0v) is 19.7. The maximum absolute atomic E-state index is 13.3. The van der Waals surface area contributed by atoms with E-state index < -0.39 is 27.2 Å². The van der Waals surface area contributed by atoms with Gasteiger partial charge in [-0.2, -0.15) is 0 Å². The molecule has 178 valence electrons. The predicted octanol–water partition coefficient (Wildman–Crippen LogP) is 1.64. The van der Waals surface area contributed by atoms with Gasteiger partial charge in [0.2, 0.25) is 0 Å². The van der Waals surface area contributed by atoms with Gasteiger partial charge in [0.1, 0.15) is 5.65 Å². The molecule has 0 fully saturated rings. The first-order valence-electron chi connectivity index (χ1n) is 10.8. The molecule has 5 rings (SSSR count). The van der Waals surface area contributed by atoms with Gasteiger partial charge in [0.15, 0.2) is 0 Å². The lowest BCUT2D eigenvalue weighted by Gasteiger charge is -2.20. The zero-order chi connectivity index (χ0) is 24.9. The second-order valence-corrected chi connectivity index (χ2v) is 10.1. The third-order valence-electron chi connectivity index (χ3n) is 6.08. The molecule has 0 saturated carbocycles. The van der Waals surface area contributed by atoms with Crippen molar-refractivity contribution < 1.29 is 13.2 Å². The van der Waals surface area contributed by atoms with Gasteiger partial charge in [-0.25, -0.2) is 18.2 Å². The minimum atomic E-state index is -3.86. The summed E-state index contributed by atoms with van der Waals surface area (Å²) in [6.07, 6.45) is 1.95. The minimum absolute atomic E-state index is 0.00218. The second-order valence-electron chi connectivity index (χ2n) is 8.24. The van der Waals surface area contributed by atoms with Gasteiger partial charge in [-0.15, -0.1) is 0 Å². The Labute approximate surface area is 200 Å². The molecule has 0 spiro atoms. The van der Waals surface area contributed by atoms with E-state index in [4.69, 9.17) is 0 Å². The van der Waals surface area contributed by atoms with Crippen molar-refractivity contribution in [2.24, 2.45) is 14.1 Å². The molecule has 11 heteroatoms. The van der Waals surface area contributed by atoms with Crippen LogP contribution in [0, 0.1) is 0 Å². The zero-order valence-electron chi connectivity index (χ0n) is 18.9. The van der Waals surface area contributed by atoms with E-state index in [-0.39, 0.29) is 27.2 Å². The molecule has 0 radical (unpaired) electrons. The summed E-state index contributed by atoms with van der Waals surface area (Å²) in [6.45, 7) is 0.332. The molecule has 0 saturated heterocycles. The van der Waals surface area contributed by atoms with Gasteiger partial charge in [-0.1, -0.05) is 24.3 Å². The van der Waals surface area contributed by atoms with Crippen LogP contribution in [-0.2, 0) is 30.5 Å².